The molecule has 0 atom stereocenters. The number of aryl methyl sites for hydroxylation is 1. The third kappa shape index (κ3) is 4.44. The fourth-order valence-corrected chi connectivity index (χ4v) is 2.61. The van der Waals surface area contributed by atoms with E-state index in [1.807, 2.05) is 30.3 Å². The van der Waals surface area contributed by atoms with Crippen LogP contribution in [0.2, 0.25) is 0 Å². The highest BCUT2D eigenvalue weighted by atomic mass is 16.3. The number of amides is 1. The van der Waals surface area contributed by atoms with Crippen molar-refractivity contribution in [2.24, 2.45) is 0 Å². The molecule has 0 aliphatic rings. The van der Waals surface area contributed by atoms with E-state index in [4.69, 9.17) is 10.2 Å². The second-order valence-electron chi connectivity index (χ2n) is 5.81. The molecule has 1 amide bonds. The van der Waals surface area contributed by atoms with Gasteiger partial charge in [-0.3, -0.25) is 4.79 Å². The first-order chi connectivity index (χ1) is 13.2. The Balaban J connectivity index is 1.57. The molecule has 3 aromatic rings. The molecule has 0 radical (unpaired) electrons. The summed E-state index contributed by atoms with van der Waals surface area (Å²) < 4.78 is 6.69. The summed E-state index contributed by atoms with van der Waals surface area (Å²) in [5, 5.41) is 16.7. The number of nitrogens with zero attached hydrogens (tertiary/aromatic N) is 3. The summed E-state index contributed by atoms with van der Waals surface area (Å²) in [5.74, 6) is 0.732. The first-order valence-corrected chi connectivity index (χ1v) is 8.51. The van der Waals surface area contributed by atoms with Gasteiger partial charge in [-0.05, 0) is 43.2 Å². The summed E-state index contributed by atoms with van der Waals surface area (Å²) in [7, 11) is 0. The lowest BCUT2D eigenvalue weighted by molar-refractivity contribution is -0.116. The third-order valence-electron chi connectivity index (χ3n) is 3.94. The van der Waals surface area contributed by atoms with Crippen LogP contribution in [0.15, 0.2) is 59.2 Å². The summed E-state index contributed by atoms with van der Waals surface area (Å²) in [6, 6.07) is 15.1. The van der Waals surface area contributed by atoms with Gasteiger partial charge in [0.05, 0.1) is 17.6 Å². The molecule has 1 aromatic carbocycles. The number of hydrogen-bond acceptors (Lipinski definition) is 5. The van der Waals surface area contributed by atoms with E-state index in [-0.39, 0.29) is 5.91 Å². The van der Waals surface area contributed by atoms with Gasteiger partial charge in [0, 0.05) is 12.6 Å². The van der Waals surface area contributed by atoms with Gasteiger partial charge in [-0.2, -0.15) is 10.4 Å². The Morgan fingerprint density at radius 2 is 2.11 bits per heavy atom. The number of rotatable bonds is 7. The summed E-state index contributed by atoms with van der Waals surface area (Å²) >= 11 is 0. The fraction of sp³-hybridized carbons (Fsp3) is 0.150. The van der Waals surface area contributed by atoms with Crippen LogP contribution in [0.4, 0.5) is 5.82 Å². The Kier molecular flexibility index (Phi) is 5.70. The Hall–Kier alpha value is -3.79. The zero-order chi connectivity index (χ0) is 19.1. The van der Waals surface area contributed by atoms with Gasteiger partial charge in [0.2, 0.25) is 5.91 Å². The van der Waals surface area contributed by atoms with Crippen LogP contribution >= 0.6 is 0 Å². The smallest absolute Gasteiger partial charge is 0.244 e. The highest BCUT2D eigenvalue weighted by molar-refractivity contribution is 5.91. The lowest BCUT2D eigenvalue weighted by Crippen LogP contribution is -2.22. The molecule has 0 aliphatic heterocycles. The molecule has 0 unspecified atom stereocenters. The Labute approximate surface area is 156 Å². The van der Waals surface area contributed by atoms with E-state index in [9.17, 15) is 10.1 Å². The Bertz CT molecular complexity index is 966. The number of nitriles is 1. The van der Waals surface area contributed by atoms with Crippen molar-refractivity contribution < 1.29 is 9.21 Å². The number of anilines is 1. The number of hydrogen-bond donors (Lipinski definition) is 2. The fourth-order valence-electron chi connectivity index (χ4n) is 2.61. The monoisotopic (exact) mass is 361 g/mol. The van der Waals surface area contributed by atoms with Crippen LogP contribution in [0.1, 0.15) is 23.4 Å². The van der Waals surface area contributed by atoms with E-state index >= 15 is 0 Å². The highest BCUT2D eigenvalue weighted by Gasteiger charge is 2.16. The summed E-state index contributed by atoms with van der Waals surface area (Å²) in [5.41, 5.74) is 7.88. The van der Waals surface area contributed by atoms with Crippen LogP contribution in [0.25, 0.3) is 11.8 Å². The average Bonchev–Trinajstić information content (AvgIpc) is 3.32. The van der Waals surface area contributed by atoms with Crippen LogP contribution in [0.3, 0.4) is 0 Å². The van der Waals surface area contributed by atoms with E-state index in [0.29, 0.717) is 42.2 Å². The largest absolute Gasteiger partial charge is 0.465 e. The van der Waals surface area contributed by atoms with Crippen molar-refractivity contribution in [2.45, 2.75) is 12.8 Å². The van der Waals surface area contributed by atoms with Gasteiger partial charge in [-0.15, -0.1) is 0 Å². The van der Waals surface area contributed by atoms with Crippen LogP contribution < -0.4 is 11.1 Å². The lowest BCUT2D eigenvalue weighted by atomic mass is 10.1. The minimum absolute atomic E-state index is 0.207. The number of carbonyl (C=O) groups excluding carboxylic acids is 1. The molecule has 2 aromatic heterocycles. The van der Waals surface area contributed by atoms with Gasteiger partial charge in [0.25, 0.3) is 0 Å². The number of para-hydroxylation sites is 1. The Morgan fingerprint density at radius 3 is 2.81 bits per heavy atom. The van der Waals surface area contributed by atoms with Gasteiger partial charge in [-0.1, -0.05) is 18.2 Å². The second-order valence-corrected chi connectivity index (χ2v) is 5.81. The lowest BCUT2D eigenvalue weighted by Gasteiger charge is -2.02. The van der Waals surface area contributed by atoms with Gasteiger partial charge < -0.3 is 15.5 Å². The molecule has 0 saturated heterocycles. The number of nitrogen functional groups attached to an aromatic ring is 1. The van der Waals surface area contributed by atoms with Gasteiger partial charge in [0.1, 0.15) is 23.2 Å². The summed E-state index contributed by atoms with van der Waals surface area (Å²) in [6.07, 6.45) is 5.74. The maximum absolute atomic E-state index is 11.8. The van der Waals surface area contributed by atoms with Gasteiger partial charge in [-0.25, -0.2) is 4.68 Å². The van der Waals surface area contributed by atoms with Crippen molar-refractivity contribution >= 4 is 17.8 Å². The zero-order valence-electron chi connectivity index (χ0n) is 14.6. The summed E-state index contributed by atoms with van der Waals surface area (Å²) in [4.78, 5) is 11.8. The standard InChI is InChI=1S/C20H19N5O2/c21-14-17-18(24-25(20(17)22)15-6-2-1-3-7-15)9-4-12-23-19(26)11-10-16-8-5-13-27-16/h1-3,5-8,10-11,13H,4,9,12,22H2,(H,23,26)/b11-10+. The first kappa shape index (κ1) is 18.0. The average molecular weight is 361 g/mol. The third-order valence-corrected chi connectivity index (χ3v) is 3.94. The maximum atomic E-state index is 11.8. The molecular weight excluding hydrogens is 342 g/mol. The van der Waals surface area contributed by atoms with Crippen molar-refractivity contribution in [1.82, 2.24) is 15.1 Å². The Morgan fingerprint density at radius 1 is 1.30 bits per heavy atom. The van der Waals surface area contributed by atoms with Crippen LogP contribution in [0, 0.1) is 11.3 Å². The van der Waals surface area contributed by atoms with E-state index in [0.717, 1.165) is 5.69 Å². The molecular formula is C20H19N5O2. The SMILES string of the molecule is N#Cc1c(CCCNC(=O)/C=C/c2ccco2)nn(-c2ccccc2)c1N. The minimum Gasteiger partial charge on any atom is -0.465 e. The maximum Gasteiger partial charge on any atom is 0.244 e. The van der Waals surface area contributed by atoms with Crippen molar-refractivity contribution in [2.75, 3.05) is 12.3 Å². The molecule has 3 N–H and O–H groups in total. The number of nitrogens with one attached hydrogen (secondary N) is 1. The quantitative estimate of drug-likeness (QED) is 0.496. The molecule has 0 saturated carbocycles. The van der Waals surface area contributed by atoms with Crippen LogP contribution in [-0.4, -0.2) is 22.2 Å². The van der Waals surface area contributed by atoms with E-state index in [1.165, 1.54) is 6.08 Å². The molecule has 27 heavy (non-hydrogen) atoms. The predicted molar refractivity (Wildman–Crippen MR) is 102 cm³/mol. The molecule has 0 spiro atoms. The zero-order valence-corrected chi connectivity index (χ0v) is 14.6. The minimum atomic E-state index is -0.207. The normalized spacial score (nSPS) is 10.8. The molecule has 3 rings (SSSR count). The number of furan rings is 1. The predicted octanol–water partition coefficient (Wildman–Crippen LogP) is 2.68. The topological polar surface area (TPSA) is 110 Å². The van der Waals surface area contributed by atoms with Crippen molar-refractivity contribution in [3.05, 3.63) is 71.8 Å². The molecule has 7 heteroatoms. The molecule has 2 heterocycles. The number of carbonyl (C=O) groups is 1. The second kappa shape index (κ2) is 8.54. The van der Waals surface area contributed by atoms with Gasteiger partial charge >= 0.3 is 0 Å². The molecule has 136 valence electrons. The van der Waals surface area contributed by atoms with Crippen molar-refractivity contribution in [3.8, 4) is 11.8 Å². The number of nitrogens with two attached hydrogens (primary N) is 1. The molecule has 7 nitrogen and oxygen atoms in total. The van der Waals surface area contributed by atoms with Crippen molar-refractivity contribution in [1.29, 1.82) is 5.26 Å². The molecule has 0 fully saturated rings. The van der Waals surface area contributed by atoms with Crippen LogP contribution in [-0.2, 0) is 11.2 Å². The van der Waals surface area contributed by atoms with E-state index in [1.54, 1.807) is 29.2 Å². The number of benzene rings is 1. The van der Waals surface area contributed by atoms with E-state index < -0.39 is 0 Å². The van der Waals surface area contributed by atoms with Crippen LogP contribution in [0.5, 0.6) is 0 Å². The first-order valence-electron chi connectivity index (χ1n) is 8.51. The highest BCUT2D eigenvalue weighted by Crippen LogP contribution is 2.21. The number of aromatic nitrogens is 2. The molecule has 0 bridgehead atoms. The van der Waals surface area contributed by atoms with Gasteiger partial charge in [0.15, 0.2) is 0 Å². The van der Waals surface area contributed by atoms with E-state index in [2.05, 4.69) is 16.5 Å². The summed E-state index contributed by atoms with van der Waals surface area (Å²) in [6.45, 7) is 0.463. The van der Waals surface area contributed by atoms with Crippen molar-refractivity contribution in [3.63, 3.8) is 0 Å². The molecule has 0 aliphatic carbocycles.